The molecule has 0 amide bonds. The molecule has 0 unspecified atom stereocenters. The van der Waals surface area contributed by atoms with Gasteiger partial charge in [0, 0.05) is 13.0 Å². The van der Waals surface area contributed by atoms with E-state index in [9.17, 15) is 0 Å². The van der Waals surface area contributed by atoms with Gasteiger partial charge in [0.2, 0.25) is 0 Å². The number of oxime groups is 1. The third-order valence-electron chi connectivity index (χ3n) is 3.09. The molecule has 1 heterocycles. The summed E-state index contributed by atoms with van der Waals surface area (Å²) in [7, 11) is 0. The molecule has 1 saturated heterocycles. The van der Waals surface area contributed by atoms with E-state index in [2.05, 4.69) is 10.1 Å². The maximum atomic E-state index is 9.02. The van der Waals surface area contributed by atoms with Gasteiger partial charge in [-0.25, -0.2) is 0 Å². The topological polar surface area (TPSA) is 35.8 Å². The van der Waals surface area contributed by atoms with Crippen molar-refractivity contribution >= 4 is 5.71 Å². The first-order valence-corrected chi connectivity index (χ1v) is 5.89. The molecule has 1 aromatic carbocycles. The molecule has 16 heavy (non-hydrogen) atoms. The number of nitrogens with zero attached hydrogens (tertiary/aromatic N) is 2. The number of rotatable bonds is 4. The first-order chi connectivity index (χ1) is 7.90. The Balaban J connectivity index is 1.91. The minimum absolute atomic E-state index is 0.785. The summed E-state index contributed by atoms with van der Waals surface area (Å²) in [6.45, 7) is 3.37. The Labute approximate surface area is 96.4 Å². The van der Waals surface area contributed by atoms with E-state index in [1.54, 1.807) is 0 Å². The maximum absolute atomic E-state index is 9.02. The highest BCUT2D eigenvalue weighted by atomic mass is 16.4. The Morgan fingerprint density at radius 3 is 2.50 bits per heavy atom. The molecule has 0 saturated carbocycles. The van der Waals surface area contributed by atoms with Gasteiger partial charge in [0.25, 0.3) is 0 Å². The van der Waals surface area contributed by atoms with Gasteiger partial charge < -0.3 is 10.1 Å². The fourth-order valence-corrected chi connectivity index (χ4v) is 2.15. The number of benzene rings is 1. The van der Waals surface area contributed by atoms with Crippen LogP contribution in [0.25, 0.3) is 0 Å². The highest BCUT2D eigenvalue weighted by molar-refractivity contribution is 6.00. The zero-order valence-corrected chi connectivity index (χ0v) is 9.47. The SMILES string of the molecule is ON=C(CCN1CCCC1)c1ccccc1. The number of hydrogen-bond donors (Lipinski definition) is 1. The zero-order chi connectivity index (χ0) is 11.2. The van der Waals surface area contributed by atoms with E-state index in [0.717, 1.165) is 24.2 Å². The predicted molar refractivity (Wildman–Crippen MR) is 65.1 cm³/mol. The van der Waals surface area contributed by atoms with E-state index in [1.165, 1.54) is 25.9 Å². The fraction of sp³-hybridized carbons (Fsp3) is 0.462. The van der Waals surface area contributed by atoms with Crippen LogP contribution in [0.3, 0.4) is 0 Å². The van der Waals surface area contributed by atoms with Crippen LogP contribution in [0.15, 0.2) is 35.5 Å². The van der Waals surface area contributed by atoms with Gasteiger partial charge in [0.1, 0.15) is 0 Å². The summed E-state index contributed by atoms with van der Waals surface area (Å²) < 4.78 is 0. The third-order valence-corrected chi connectivity index (χ3v) is 3.09. The summed E-state index contributed by atoms with van der Waals surface area (Å²) in [5.74, 6) is 0. The summed E-state index contributed by atoms with van der Waals surface area (Å²) in [4.78, 5) is 2.42. The van der Waals surface area contributed by atoms with Crippen LogP contribution in [0.1, 0.15) is 24.8 Å². The second kappa shape index (κ2) is 5.66. The van der Waals surface area contributed by atoms with Crippen molar-refractivity contribution in [1.82, 2.24) is 4.90 Å². The summed E-state index contributed by atoms with van der Waals surface area (Å²) >= 11 is 0. The van der Waals surface area contributed by atoms with Crippen LogP contribution in [0, 0.1) is 0 Å². The summed E-state index contributed by atoms with van der Waals surface area (Å²) in [5, 5.41) is 12.4. The van der Waals surface area contributed by atoms with Crippen LogP contribution in [0.5, 0.6) is 0 Å². The average Bonchev–Trinajstić information content (AvgIpc) is 2.84. The largest absolute Gasteiger partial charge is 0.411 e. The van der Waals surface area contributed by atoms with Crippen molar-refractivity contribution in [2.24, 2.45) is 5.16 Å². The molecule has 3 nitrogen and oxygen atoms in total. The number of hydrogen-bond acceptors (Lipinski definition) is 3. The van der Waals surface area contributed by atoms with Gasteiger partial charge in [-0.05, 0) is 31.5 Å². The Hall–Kier alpha value is -1.35. The van der Waals surface area contributed by atoms with Crippen LogP contribution in [0.2, 0.25) is 0 Å². The lowest BCUT2D eigenvalue weighted by Gasteiger charge is -2.14. The molecule has 1 aliphatic rings. The van der Waals surface area contributed by atoms with Crippen LogP contribution in [0.4, 0.5) is 0 Å². The maximum Gasteiger partial charge on any atom is 0.0880 e. The lowest BCUT2D eigenvalue weighted by atomic mass is 10.1. The Kier molecular flexibility index (Phi) is 3.94. The lowest BCUT2D eigenvalue weighted by Crippen LogP contribution is -2.22. The van der Waals surface area contributed by atoms with Gasteiger partial charge in [-0.15, -0.1) is 0 Å². The molecule has 0 aliphatic carbocycles. The van der Waals surface area contributed by atoms with Gasteiger partial charge in [0.05, 0.1) is 5.71 Å². The van der Waals surface area contributed by atoms with Crippen molar-refractivity contribution in [3.63, 3.8) is 0 Å². The van der Waals surface area contributed by atoms with Gasteiger partial charge in [0.15, 0.2) is 0 Å². The normalized spacial score (nSPS) is 17.9. The van der Waals surface area contributed by atoms with E-state index >= 15 is 0 Å². The smallest absolute Gasteiger partial charge is 0.0880 e. The molecule has 0 radical (unpaired) electrons. The standard InChI is InChI=1S/C13H18N2O/c16-14-13(12-6-2-1-3-7-12)8-11-15-9-4-5-10-15/h1-3,6-7,16H,4-5,8-11H2. The van der Waals surface area contributed by atoms with Crippen molar-refractivity contribution in [3.8, 4) is 0 Å². The molecule has 2 rings (SSSR count). The summed E-state index contributed by atoms with van der Waals surface area (Å²) in [5.41, 5.74) is 1.80. The van der Waals surface area contributed by atoms with Crippen LogP contribution < -0.4 is 0 Å². The van der Waals surface area contributed by atoms with Gasteiger partial charge in [-0.2, -0.15) is 0 Å². The quantitative estimate of drug-likeness (QED) is 0.478. The molecule has 0 bridgehead atoms. The highest BCUT2D eigenvalue weighted by Gasteiger charge is 2.12. The Bertz CT molecular complexity index is 342. The fourth-order valence-electron chi connectivity index (χ4n) is 2.15. The monoisotopic (exact) mass is 218 g/mol. The molecule has 0 spiro atoms. The number of likely N-dealkylation sites (tertiary alicyclic amines) is 1. The predicted octanol–water partition coefficient (Wildman–Crippen LogP) is 2.35. The average molecular weight is 218 g/mol. The highest BCUT2D eigenvalue weighted by Crippen LogP contribution is 2.10. The summed E-state index contributed by atoms with van der Waals surface area (Å²) in [6, 6.07) is 9.88. The zero-order valence-electron chi connectivity index (χ0n) is 9.47. The molecular weight excluding hydrogens is 200 g/mol. The van der Waals surface area contributed by atoms with Gasteiger partial charge in [-0.1, -0.05) is 35.5 Å². The van der Waals surface area contributed by atoms with Crippen LogP contribution in [-0.4, -0.2) is 35.5 Å². The van der Waals surface area contributed by atoms with Gasteiger partial charge >= 0.3 is 0 Å². The van der Waals surface area contributed by atoms with Crippen molar-refractivity contribution in [2.75, 3.05) is 19.6 Å². The summed E-state index contributed by atoms with van der Waals surface area (Å²) in [6.07, 6.45) is 3.42. The van der Waals surface area contributed by atoms with Crippen molar-refractivity contribution in [3.05, 3.63) is 35.9 Å². The van der Waals surface area contributed by atoms with E-state index in [1.807, 2.05) is 30.3 Å². The molecule has 1 aromatic rings. The van der Waals surface area contributed by atoms with E-state index < -0.39 is 0 Å². The molecule has 0 aromatic heterocycles. The molecule has 0 atom stereocenters. The molecule has 1 aliphatic heterocycles. The minimum Gasteiger partial charge on any atom is -0.411 e. The van der Waals surface area contributed by atoms with E-state index in [-0.39, 0.29) is 0 Å². The van der Waals surface area contributed by atoms with Crippen molar-refractivity contribution < 1.29 is 5.21 Å². The van der Waals surface area contributed by atoms with Gasteiger partial charge in [-0.3, -0.25) is 0 Å². The molecule has 1 fully saturated rings. The van der Waals surface area contributed by atoms with Crippen molar-refractivity contribution in [2.45, 2.75) is 19.3 Å². The van der Waals surface area contributed by atoms with Crippen LogP contribution in [-0.2, 0) is 0 Å². The van der Waals surface area contributed by atoms with E-state index in [0.29, 0.717) is 0 Å². The molecular formula is C13H18N2O. The first kappa shape index (κ1) is 11.1. The van der Waals surface area contributed by atoms with Crippen LogP contribution >= 0.6 is 0 Å². The lowest BCUT2D eigenvalue weighted by molar-refractivity contribution is 0.313. The second-order valence-corrected chi connectivity index (χ2v) is 4.21. The molecule has 1 N–H and O–H groups in total. The molecule has 86 valence electrons. The minimum atomic E-state index is 0.785. The first-order valence-electron chi connectivity index (χ1n) is 5.89. The second-order valence-electron chi connectivity index (χ2n) is 4.21. The Morgan fingerprint density at radius 1 is 1.19 bits per heavy atom. The Morgan fingerprint density at radius 2 is 1.88 bits per heavy atom. The third kappa shape index (κ3) is 2.83. The molecule has 3 heteroatoms. The van der Waals surface area contributed by atoms with Crippen molar-refractivity contribution in [1.29, 1.82) is 0 Å². The van der Waals surface area contributed by atoms with E-state index in [4.69, 9.17) is 5.21 Å².